The average Bonchev–Trinajstić information content (AvgIpc) is 2.84. The Morgan fingerprint density at radius 1 is 1.18 bits per heavy atom. The lowest BCUT2D eigenvalue weighted by Crippen LogP contribution is -2.01. The van der Waals surface area contributed by atoms with Crippen molar-refractivity contribution in [3.05, 3.63) is 36.9 Å². The number of hydrogen-bond donors (Lipinski definition) is 0. The summed E-state index contributed by atoms with van der Waals surface area (Å²) in [5, 5.41) is 0. The molecule has 0 fully saturated rings. The Morgan fingerprint density at radius 2 is 2.00 bits per heavy atom. The normalized spacial score (nSPS) is 10.6. The van der Waals surface area contributed by atoms with Crippen molar-refractivity contribution in [1.82, 2.24) is 14.5 Å². The van der Waals surface area contributed by atoms with Gasteiger partial charge in [0, 0.05) is 50.6 Å². The van der Waals surface area contributed by atoms with E-state index in [2.05, 4.69) is 14.5 Å². The Hall–Kier alpha value is -1.68. The van der Waals surface area contributed by atoms with Crippen LogP contribution in [0.2, 0.25) is 0 Å². The molecule has 2 heterocycles. The lowest BCUT2D eigenvalue weighted by molar-refractivity contribution is 0.191. The smallest absolute Gasteiger partial charge is 0.139 e. The first-order chi connectivity index (χ1) is 8.42. The molecule has 0 aliphatic rings. The van der Waals surface area contributed by atoms with Crippen molar-refractivity contribution >= 4 is 0 Å². The third-order valence-corrected chi connectivity index (χ3v) is 2.65. The van der Waals surface area contributed by atoms with Gasteiger partial charge in [0.1, 0.15) is 5.82 Å². The molecule has 0 radical (unpaired) electrons. The number of unbranched alkanes of at least 4 members (excludes halogenated alkanes) is 1. The summed E-state index contributed by atoms with van der Waals surface area (Å²) < 4.78 is 7.21. The summed E-state index contributed by atoms with van der Waals surface area (Å²) in [6, 6.07) is 3.96. The standard InChI is InChI=1S/C13H17N3O/c1-17-11-3-2-9-16-10-8-15-13(16)12-4-6-14-7-5-12/h4-8,10H,2-3,9,11H2,1H3. The fourth-order valence-electron chi connectivity index (χ4n) is 1.78. The lowest BCUT2D eigenvalue weighted by atomic mass is 10.2. The second kappa shape index (κ2) is 6.15. The molecule has 0 atom stereocenters. The molecule has 0 saturated heterocycles. The Morgan fingerprint density at radius 3 is 2.76 bits per heavy atom. The molecule has 0 bridgehead atoms. The quantitative estimate of drug-likeness (QED) is 0.716. The van der Waals surface area contributed by atoms with Gasteiger partial charge in [0.2, 0.25) is 0 Å². The van der Waals surface area contributed by atoms with Crippen LogP contribution in [0.4, 0.5) is 0 Å². The largest absolute Gasteiger partial charge is 0.385 e. The van der Waals surface area contributed by atoms with E-state index in [1.54, 1.807) is 19.5 Å². The maximum absolute atomic E-state index is 5.04. The van der Waals surface area contributed by atoms with Crippen molar-refractivity contribution in [2.45, 2.75) is 19.4 Å². The van der Waals surface area contributed by atoms with Crippen LogP contribution in [0.5, 0.6) is 0 Å². The fourth-order valence-corrected chi connectivity index (χ4v) is 1.78. The fraction of sp³-hybridized carbons (Fsp3) is 0.385. The average molecular weight is 231 g/mol. The molecule has 0 spiro atoms. The monoisotopic (exact) mass is 231 g/mol. The van der Waals surface area contributed by atoms with E-state index in [4.69, 9.17) is 4.74 Å². The van der Waals surface area contributed by atoms with Crippen LogP contribution < -0.4 is 0 Å². The van der Waals surface area contributed by atoms with E-state index in [1.165, 1.54) is 0 Å². The minimum absolute atomic E-state index is 0.819. The zero-order chi connectivity index (χ0) is 11.9. The summed E-state index contributed by atoms with van der Waals surface area (Å²) in [7, 11) is 1.74. The first kappa shape index (κ1) is 11.8. The summed E-state index contributed by atoms with van der Waals surface area (Å²) in [6.07, 6.45) is 9.61. The highest BCUT2D eigenvalue weighted by atomic mass is 16.5. The van der Waals surface area contributed by atoms with Crippen molar-refractivity contribution in [1.29, 1.82) is 0 Å². The van der Waals surface area contributed by atoms with E-state index >= 15 is 0 Å². The molecule has 2 rings (SSSR count). The molecule has 4 heteroatoms. The summed E-state index contributed by atoms with van der Waals surface area (Å²) in [4.78, 5) is 8.41. The molecular weight excluding hydrogens is 214 g/mol. The number of rotatable bonds is 6. The second-order valence-electron chi connectivity index (χ2n) is 3.88. The molecule has 0 unspecified atom stereocenters. The topological polar surface area (TPSA) is 39.9 Å². The molecule has 4 nitrogen and oxygen atoms in total. The van der Waals surface area contributed by atoms with Gasteiger partial charge in [0.25, 0.3) is 0 Å². The van der Waals surface area contributed by atoms with Crippen LogP contribution >= 0.6 is 0 Å². The third-order valence-electron chi connectivity index (χ3n) is 2.65. The van der Waals surface area contributed by atoms with Gasteiger partial charge >= 0.3 is 0 Å². The van der Waals surface area contributed by atoms with E-state index in [-0.39, 0.29) is 0 Å². The molecule has 0 N–H and O–H groups in total. The number of hydrogen-bond acceptors (Lipinski definition) is 3. The number of aromatic nitrogens is 3. The SMILES string of the molecule is COCCCCn1ccnc1-c1ccncc1. The summed E-state index contributed by atoms with van der Waals surface area (Å²) in [5.41, 5.74) is 1.11. The highest BCUT2D eigenvalue weighted by Crippen LogP contribution is 2.16. The van der Waals surface area contributed by atoms with Crippen LogP contribution in [0.25, 0.3) is 11.4 Å². The van der Waals surface area contributed by atoms with Crippen molar-refractivity contribution < 1.29 is 4.74 Å². The van der Waals surface area contributed by atoms with Gasteiger partial charge in [-0.15, -0.1) is 0 Å². The molecule has 0 aromatic carbocycles. The maximum Gasteiger partial charge on any atom is 0.139 e. The van der Waals surface area contributed by atoms with Gasteiger partial charge in [-0.1, -0.05) is 0 Å². The Balaban J connectivity index is 2.02. The molecule has 0 amide bonds. The molecule has 0 saturated carbocycles. The van der Waals surface area contributed by atoms with E-state index < -0.39 is 0 Å². The Kier molecular flexibility index (Phi) is 4.27. The first-order valence-electron chi connectivity index (χ1n) is 5.82. The highest BCUT2D eigenvalue weighted by Gasteiger charge is 2.04. The number of methoxy groups -OCH3 is 1. The summed E-state index contributed by atoms with van der Waals surface area (Å²) in [5.74, 6) is 1.00. The Labute approximate surface area is 101 Å². The molecule has 2 aromatic rings. The molecule has 90 valence electrons. The maximum atomic E-state index is 5.04. The van der Waals surface area contributed by atoms with Gasteiger partial charge in [-0.3, -0.25) is 4.98 Å². The van der Waals surface area contributed by atoms with E-state index in [1.807, 2.05) is 24.5 Å². The van der Waals surface area contributed by atoms with Crippen molar-refractivity contribution in [3.63, 3.8) is 0 Å². The third kappa shape index (κ3) is 3.14. The summed E-state index contributed by atoms with van der Waals surface area (Å²) in [6.45, 7) is 1.79. The van der Waals surface area contributed by atoms with Crippen molar-refractivity contribution in [2.75, 3.05) is 13.7 Å². The lowest BCUT2D eigenvalue weighted by Gasteiger charge is -2.07. The molecular formula is C13H17N3O. The van der Waals surface area contributed by atoms with Crippen LogP contribution in [0.15, 0.2) is 36.9 Å². The van der Waals surface area contributed by atoms with Crippen LogP contribution in [0.1, 0.15) is 12.8 Å². The zero-order valence-corrected chi connectivity index (χ0v) is 10.0. The van der Waals surface area contributed by atoms with Gasteiger partial charge in [0.15, 0.2) is 0 Å². The van der Waals surface area contributed by atoms with Gasteiger partial charge in [-0.2, -0.15) is 0 Å². The molecule has 0 aliphatic carbocycles. The predicted octanol–water partition coefficient (Wildman–Crippen LogP) is 2.37. The van der Waals surface area contributed by atoms with Crippen LogP contribution in [0, 0.1) is 0 Å². The number of ether oxygens (including phenoxy) is 1. The number of aryl methyl sites for hydroxylation is 1. The molecule has 17 heavy (non-hydrogen) atoms. The first-order valence-corrected chi connectivity index (χ1v) is 5.82. The Bertz CT molecular complexity index is 439. The van der Waals surface area contributed by atoms with E-state index in [9.17, 15) is 0 Å². The van der Waals surface area contributed by atoms with Gasteiger partial charge in [0.05, 0.1) is 0 Å². The molecule has 0 aliphatic heterocycles. The van der Waals surface area contributed by atoms with Crippen LogP contribution in [0.3, 0.4) is 0 Å². The van der Waals surface area contributed by atoms with Gasteiger partial charge in [-0.25, -0.2) is 4.98 Å². The van der Waals surface area contributed by atoms with E-state index in [0.717, 1.165) is 37.4 Å². The van der Waals surface area contributed by atoms with Crippen molar-refractivity contribution in [3.8, 4) is 11.4 Å². The second-order valence-corrected chi connectivity index (χ2v) is 3.88. The number of pyridine rings is 1. The van der Waals surface area contributed by atoms with Crippen molar-refractivity contribution in [2.24, 2.45) is 0 Å². The van der Waals surface area contributed by atoms with Gasteiger partial charge in [-0.05, 0) is 25.0 Å². The van der Waals surface area contributed by atoms with E-state index in [0.29, 0.717) is 0 Å². The predicted molar refractivity (Wildman–Crippen MR) is 66.6 cm³/mol. The minimum Gasteiger partial charge on any atom is -0.385 e. The minimum atomic E-state index is 0.819. The zero-order valence-electron chi connectivity index (χ0n) is 10.0. The highest BCUT2D eigenvalue weighted by molar-refractivity contribution is 5.54. The van der Waals surface area contributed by atoms with Crippen LogP contribution in [-0.4, -0.2) is 28.3 Å². The molecule has 2 aromatic heterocycles. The van der Waals surface area contributed by atoms with Gasteiger partial charge < -0.3 is 9.30 Å². The summed E-state index contributed by atoms with van der Waals surface area (Å²) >= 11 is 0. The number of imidazole rings is 1. The van der Waals surface area contributed by atoms with Crippen LogP contribution in [-0.2, 0) is 11.3 Å². The number of nitrogens with zero attached hydrogens (tertiary/aromatic N) is 3.